The smallest absolute Gasteiger partial charge is 0.238 e. The van der Waals surface area contributed by atoms with Crippen molar-refractivity contribution in [3.63, 3.8) is 0 Å². The lowest BCUT2D eigenvalue weighted by atomic mass is 10.3. The SMILES string of the molecule is CSc1ccccc1Oc1ccc(Cl)nn1. The maximum Gasteiger partial charge on any atom is 0.238 e. The van der Waals surface area contributed by atoms with E-state index in [0.29, 0.717) is 11.0 Å². The van der Waals surface area contributed by atoms with Gasteiger partial charge in [0.2, 0.25) is 5.88 Å². The van der Waals surface area contributed by atoms with Crippen LogP contribution >= 0.6 is 23.4 Å². The van der Waals surface area contributed by atoms with E-state index in [1.807, 2.05) is 30.5 Å². The van der Waals surface area contributed by atoms with Crippen LogP contribution in [0.4, 0.5) is 0 Å². The topological polar surface area (TPSA) is 35.0 Å². The molecule has 5 heteroatoms. The van der Waals surface area contributed by atoms with Crippen LogP contribution in [0.25, 0.3) is 0 Å². The Kier molecular flexibility index (Phi) is 3.64. The summed E-state index contributed by atoms with van der Waals surface area (Å²) >= 11 is 7.26. The first-order valence-corrected chi connectivity index (χ1v) is 6.20. The number of ether oxygens (including phenoxy) is 1. The molecule has 0 radical (unpaired) electrons. The summed E-state index contributed by atoms with van der Waals surface area (Å²) < 4.78 is 5.60. The molecule has 0 unspecified atom stereocenters. The maximum absolute atomic E-state index is 5.64. The number of benzene rings is 1. The summed E-state index contributed by atoms with van der Waals surface area (Å²) in [4.78, 5) is 1.05. The molecule has 0 N–H and O–H groups in total. The van der Waals surface area contributed by atoms with E-state index in [1.165, 1.54) is 0 Å². The fourth-order valence-electron chi connectivity index (χ4n) is 1.17. The van der Waals surface area contributed by atoms with Crippen molar-refractivity contribution < 1.29 is 4.74 Å². The van der Waals surface area contributed by atoms with Gasteiger partial charge in [0, 0.05) is 11.0 Å². The van der Waals surface area contributed by atoms with Gasteiger partial charge in [-0.3, -0.25) is 0 Å². The summed E-state index contributed by atoms with van der Waals surface area (Å²) in [5.41, 5.74) is 0. The second kappa shape index (κ2) is 5.18. The zero-order chi connectivity index (χ0) is 11.4. The molecule has 1 aromatic heterocycles. The van der Waals surface area contributed by atoms with Crippen LogP contribution in [-0.4, -0.2) is 16.5 Å². The first-order chi connectivity index (χ1) is 7.79. The van der Waals surface area contributed by atoms with Gasteiger partial charge in [-0.2, -0.15) is 0 Å². The molecule has 0 saturated heterocycles. The molecule has 1 heterocycles. The number of hydrogen-bond acceptors (Lipinski definition) is 4. The van der Waals surface area contributed by atoms with E-state index >= 15 is 0 Å². The molecule has 16 heavy (non-hydrogen) atoms. The molecule has 82 valence electrons. The van der Waals surface area contributed by atoms with Gasteiger partial charge >= 0.3 is 0 Å². The van der Waals surface area contributed by atoms with E-state index < -0.39 is 0 Å². The minimum Gasteiger partial charge on any atom is -0.436 e. The van der Waals surface area contributed by atoms with E-state index in [9.17, 15) is 0 Å². The Balaban J connectivity index is 2.23. The third-order valence-corrected chi connectivity index (χ3v) is 2.87. The molecule has 0 saturated carbocycles. The highest BCUT2D eigenvalue weighted by Gasteiger charge is 2.04. The third-order valence-electron chi connectivity index (χ3n) is 1.89. The highest BCUT2D eigenvalue weighted by Crippen LogP contribution is 2.30. The second-order valence-corrected chi connectivity index (χ2v) is 4.18. The van der Waals surface area contributed by atoms with Crippen molar-refractivity contribution in [3.05, 3.63) is 41.6 Å². The van der Waals surface area contributed by atoms with Crippen molar-refractivity contribution in [1.29, 1.82) is 0 Å². The van der Waals surface area contributed by atoms with Crippen molar-refractivity contribution in [3.8, 4) is 11.6 Å². The molecule has 0 atom stereocenters. The van der Waals surface area contributed by atoms with Crippen LogP contribution in [0.1, 0.15) is 0 Å². The van der Waals surface area contributed by atoms with Crippen LogP contribution in [-0.2, 0) is 0 Å². The summed E-state index contributed by atoms with van der Waals surface area (Å²) in [6, 6.07) is 11.1. The predicted octanol–water partition coefficient (Wildman–Crippen LogP) is 3.64. The Morgan fingerprint density at radius 1 is 1.12 bits per heavy atom. The molecule has 2 rings (SSSR count). The summed E-state index contributed by atoms with van der Waals surface area (Å²) in [5, 5.41) is 7.90. The predicted molar refractivity (Wildman–Crippen MR) is 65.3 cm³/mol. The highest BCUT2D eigenvalue weighted by molar-refractivity contribution is 7.98. The fraction of sp³-hybridized carbons (Fsp3) is 0.0909. The lowest BCUT2D eigenvalue weighted by Gasteiger charge is -2.07. The Morgan fingerprint density at radius 2 is 1.94 bits per heavy atom. The number of halogens is 1. The van der Waals surface area contributed by atoms with Crippen LogP contribution in [0.15, 0.2) is 41.3 Å². The van der Waals surface area contributed by atoms with Gasteiger partial charge in [-0.25, -0.2) is 0 Å². The Hall–Kier alpha value is -1.26. The molecule has 0 fully saturated rings. The number of aromatic nitrogens is 2. The average Bonchev–Trinajstić information content (AvgIpc) is 2.33. The number of rotatable bonds is 3. The molecule has 0 amide bonds. The second-order valence-electron chi connectivity index (χ2n) is 2.95. The summed E-state index contributed by atoms with van der Waals surface area (Å²) in [6.07, 6.45) is 2.00. The zero-order valence-electron chi connectivity index (χ0n) is 8.55. The monoisotopic (exact) mass is 252 g/mol. The van der Waals surface area contributed by atoms with Gasteiger partial charge in [-0.05, 0) is 24.5 Å². The normalized spacial score (nSPS) is 10.1. The third kappa shape index (κ3) is 2.65. The molecule has 0 spiro atoms. The largest absolute Gasteiger partial charge is 0.436 e. The van der Waals surface area contributed by atoms with Gasteiger partial charge in [0.15, 0.2) is 5.15 Å². The van der Waals surface area contributed by atoms with Gasteiger partial charge in [0.05, 0.1) is 0 Å². The lowest BCUT2D eigenvalue weighted by molar-refractivity contribution is 0.445. The van der Waals surface area contributed by atoms with Crippen LogP contribution in [0.3, 0.4) is 0 Å². The minimum atomic E-state index is 0.352. The Morgan fingerprint density at radius 3 is 2.62 bits per heavy atom. The summed E-state index contributed by atoms with van der Waals surface area (Å²) in [6.45, 7) is 0. The molecule has 2 aromatic rings. The average molecular weight is 253 g/mol. The van der Waals surface area contributed by atoms with Gasteiger partial charge in [-0.1, -0.05) is 23.7 Å². The van der Waals surface area contributed by atoms with Crippen LogP contribution in [0.5, 0.6) is 11.6 Å². The van der Waals surface area contributed by atoms with Crippen molar-refractivity contribution in [1.82, 2.24) is 10.2 Å². The lowest BCUT2D eigenvalue weighted by Crippen LogP contribution is -1.91. The summed E-state index contributed by atoms with van der Waals surface area (Å²) in [7, 11) is 0. The minimum absolute atomic E-state index is 0.352. The number of hydrogen-bond donors (Lipinski definition) is 0. The van der Waals surface area contributed by atoms with Crippen molar-refractivity contribution in [2.75, 3.05) is 6.26 Å². The van der Waals surface area contributed by atoms with Gasteiger partial charge in [0.25, 0.3) is 0 Å². The van der Waals surface area contributed by atoms with Crippen molar-refractivity contribution >= 4 is 23.4 Å². The van der Waals surface area contributed by atoms with E-state index in [2.05, 4.69) is 10.2 Å². The van der Waals surface area contributed by atoms with E-state index in [1.54, 1.807) is 23.9 Å². The maximum atomic E-state index is 5.64. The van der Waals surface area contributed by atoms with E-state index in [4.69, 9.17) is 16.3 Å². The van der Waals surface area contributed by atoms with Crippen LogP contribution in [0, 0.1) is 0 Å². The molecule has 3 nitrogen and oxygen atoms in total. The quantitative estimate of drug-likeness (QED) is 0.781. The van der Waals surface area contributed by atoms with Crippen LogP contribution < -0.4 is 4.74 Å². The first-order valence-electron chi connectivity index (χ1n) is 4.59. The van der Waals surface area contributed by atoms with Crippen molar-refractivity contribution in [2.45, 2.75) is 4.90 Å². The van der Waals surface area contributed by atoms with E-state index in [0.717, 1.165) is 10.6 Å². The number of para-hydroxylation sites is 1. The molecular formula is C11H9ClN2OS. The molecule has 0 bridgehead atoms. The van der Waals surface area contributed by atoms with Crippen molar-refractivity contribution in [2.24, 2.45) is 0 Å². The van der Waals surface area contributed by atoms with Gasteiger partial charge in [-0.15, -0.1) is 22.0 Å². The van der Waals surface area contributed by atoms with Gasteiger partial charge in [0.1, 0.15) is 5.75 Å². The molecule has 0 aliphatic carbocycles. The van der Waals surface area contributed by atoms with E-state index in [-0.39, 0.29) is 0 Å². The number of nitrogens with zero attached hydrogens (tertiary/aromatic N) is 2. The Labute approximate surface area is 103 Å². The molecular weight excluding hydrogens is 244 g/mol. The standard InChI is InChI=1S/C11H9ClN2OS/c1-16-9-5-3-2-4-8(9)15-11-7-6-10(12)13-14-11/h2-7H,1H3. The zero-order valence-corrected chi connectivity index (χ0v) is 10.1. The summed E-state index contributed by atoms with van der Waals surface area (Å²) in [5.74, 6) is 1.21. The van der Waals surface area contributed by atoms with Gasteiger partial charge < -0.3 is 4.74 Å². The molecule has 0 aliphatic heterocycles. The molecule has 0 aliphatic rings. The first kappa shape index (κ1) is 11.2. The fourth-order valence-corrected chi connectivity index (χ4v) is 1.80. The van der Waals surface area contributed by atoms with Crippen LogP contribution in [0.2, 0.25) is 5.15 Å². The number of thioether (sulfide) groups is 1. The Bertz CT molecular complexity index is 476. The highest BCUT2D eigenvalue weighted by atomic mass is 35.5. The molecule has 1 aromatic carbocycles.